The SMILES string of the molecule is Cc1ccc(Cl)cc1N1CCN(CCCNC(=O)Cn2cc3c(n2)CC[C@H](C)C3)CC1. The highest BCUT2D eigenvalue weighted by molar-refractivity contribution is 6.30. The Bertz CT molecular complexity index is 903. The van der Waals surface area contributed by atoms with Gasteiger partial charge >= 0.3 is 0 Å². The molecular weight excluding hydrogens is 410 g/mol. The van der Waals surface area contributed by atoms with Crippen LogP contribution in [-0.4, -0.2) is 59.9 Å². The van der Waals surface area contributed by atoms with Crippen LogP contribution in [0.25, 0.3) is 0 Å². The Morgan fingerprint density at radius 3 is 2.87 bits per heavy atom. The van der Waals surface area contributed by atoms with Gasteiger partial charge in [-0.2, -0.15) is 5.10 Å². The highest BCUT2D eigenvalue weighted by Gasteiger charge is 2.20. The summed E-state index contributed by atoms with van der Waals surface area (Å²) in [5.41, 5.74) is 5.01. The van der Waals surface area contributed by atoms with Gasteiger partial charge in [0, 0.05) is 49.6 Å². The van der Waals surface area contributed by atoms with E-state index in [4.69, 9.17) is 11.6 Å². The summed E-state index contributed by atoms with van der Waals surface area (Å²) in [6.45, 7) is 10.6. The van der Waals surface area contributed by atoms with Gasteiger partial charge in [-0.1, -0.05) is 24.6 Å². The van der Waals surface area contributed by atoms with Crippen LogP contribution in [0, 0.1) is 12.8 Å². The Morgan fingerprint density at radius 2 is 2.06 bits per heavy atom. The summed E-state index contributed by atoms with van der Waals surface area (Å²) >= 11 is 6.18. The number of amides is 1. The van der Waals surface area contributed by atoms with Gasteiger partial charge in [0.15, 0.2) is 0 Å². The maximum atomic E-state index is 12.3. The van der Waals surface area contributed by atoms with Crippen LogP contribution in [0.2, 0.25) is 5.02 Å². The largest absolute Gasteiger partial charge is 0.369 e. The van der Waals surface area contributed by atoms with Gasteiger partial charge in [-0.25, -0.2) is 0 Å². The zero-order valence-corrected chi connectivity index (χ0v) is 19.5. The van der Waals surface area contributed by atoms with Crippen molar-refractivity contribution < 1.29 is 4.79 Å². The molecule has 0 radical (unpaired) electrons. The zero-order valence-electron chi connectivity index (χ0n) is 18.7. The second-order valence-corrected chi connectivity index (χ2v) is 9.55. The molecule has 1 aliphatic carbocycles. The molecule has 1 aliphatic heterocycles. The van der Waals surface area contributed by atoms with Crippen molar-refractivity contribution in [2.75, 3.05) is 44.2 Å². The van der Waals surface area contributed by atoms with Crippen LogP contribution in [0.1, 0.15) is 36.6 Å². The molecule has 1 aromatic carbocycles. The molecule has 1 amide bonds. The number of nitrogens with zero attached hydrogens (tertiary/aromatic N) is 4. The first-order valence-electron chi connectivity index (χ1n) is 11.5. The number of nitrogens with one attached hydrogen (secondary N) is 1. The molecule has 0 spiro atoms. The minimum absolute atomic E-state index is 0.0501. The van der Waals surface area contributed by atoms with Crippen LogP contribution in [0.4, 0.5) is 5.69 Å². The van der Waals surface area contributed by atoms with E-state index in [1.165, 1.54) is 28.9 Å². The Morgan fingerprint density at radius 1 is 1.26 bits per heavy atom. The molecule has 1 N–H and O–H groups in total. The van der Waals surface area contributed by atoms with E-state index in [1.54, 1.807) is 0 Å². The van der Waals surface area contributed by atoms with Gasteiger partial charge in [-0.05, 0) is 68.3 Å². The fraction of sp³-hybridized carbons (Fsp3) is 0.583. The van der Waals surface area contributed by atoms with E-state index in [2.05, 4.69) is 52.4 Å². The first-order valence-corrected chi connectivity index (χ1v) is 11.9. The number of aryl methyl sites for hydroxylation is 2. The topological polar surface area (TPSA) is 53.4 Å². The van der Waals surface area contributed by atoms with Crippen molar-refractivity contribution in [3.05, 3.63) is 46.2 Å². The van der Waals surface area contributed by atoms with Crippen molar-refractivity contribution in [3.8, 4) is 0 Å². The summed E-state index contributed by atoms with van der Waals surface area (Å²) in [5.74, 6) is 0.768. The van der Waals surface area contributed by atoms with E-state index in [0.717, 1.165) is 62.9 Å². The Labute approximate surface area is 190 Å². The molecule has 4 rings (SSSR count). The second-order valence-electron chi connectivity index (χ2n) is 9.11. The molecule has 2 aromatic rings. The van der Waals surface area contributed by atoms with Crippen molar-refractivity contribution in [1.29, 1.82) is 0 Å². The number of benzene rings is 1. The molecule has 0 unspecified atom stereocenters. The van der Waals surface area contributed by atoms with E-state index >= 15 is 0 Å². The number of carbonyl (C=O) groups is 1. The van der Waals surface area contributed by atoms with Gasteiger partial charge in [0.2, 0.25) is 5.91 Å². The molecule has 168 valence electrons. The van der Waals surface area contributed by atoms with Crippen molar-refractivity contribution in [2.24, 2.45) is 5.92 Å². The lowest BCUT2D eigenvalue weighted by Crippen LogP contribution is -2.47. The third-order valence-corrected chi connectivity index (χ3v) is 6.77. The fourth-order valence-electron chi connectivity index (χ4n) is 4.69. The van der Waals surface area contributed by atoms with Crippen LogP contribution in [0.5, 0.6) is 0 Å². The summed E-state index contributed by atoms with van der Waals surface area (Å²) in [4.78, 5) is 17.2. The highest BCUT2D eigenvalue weighted by Crippen LogP contribution is 2.25. The van der Waals surface area contributed by atoms with Crippen LogP contribution < -0.4 is 10.2 Å². The standard InChI is InChI=1S/C24H34ClN5O/c1-18-4-7-22-20(14-18)16-30(27-22)17-24(31)26-8-3-9-28-10-12-29(13-11-28)23-15-21(25)6-5-19(23)2/h5-6,15-16,18H,3-4,7-14,17H2,1-2H3,(H,26,31)/t18-/m0/s1. The van der Waals surface area contributed by atoms with Gasteiger partial charge in [-0.15, -0.1) is 0 Å². The van der Waals surface area contributed by atoms with E-state index in [0.29, 0.717) is 13.1 Å². The quantitative estimate of drug-likeness (QED) is 0.667. The molecule has 7 heteroatoms. The van der Waals surface area contributed by atoms with E-state index in [9.17, 15) is 4.79 Å². The first-order chi connectivity index (χ1) is 15.0. The molecule has 31 heavy (non-hydrogen) atoms. The third kappa shape index (κ3) is 5.80. The molecular formula is C24H34ClN5O. The smallest absolute Gasteiger partial charge is 0.241 e. The number of aromatic nitrogens is 2. The molecule has 2 aliphatic rings. The van der Waals surface area contributed by atoms with Crippen molar-refractivity contribution >= 4 is 23.2 Å². The number of fused-ring (bicyclic) bond motifs is 1. The van der Waals surface area contributed by atoms with Crippen molar-refractivity contribution in [2.45, 2.75) is 46.1 Å². The van der Waals surface area contributed by atoms with Crippen molar-refractivity contribution in [3.63, 3.8) is 0 Å². The number of hydrogen-bond acceptors (Lipinski definition) is 4. The maximum Gasteiger partial charge on any atom is 0.241 e. The van der Waals surface area contributed by atoms with Crippen LogP contribution in [0.15, 0.2) is 24.4 Å². The van der Waals surface area contributed by atoms with Crippen LogP contribution in [-0.2, 0) is 24.2 Å². The molecule has 0 saturated carbocycles. The minimum Gasteiger partial charge on any atom is -0.369 e. The predicted molar refractivity (Wildman–Crippen MR) is 126 cm³/mol. The lowest BCUT2D eigenvalue weighted by atomic mass is 9.89. The third-order valence-electron chi connectivity index (χ3n) is 6.53. The molecule has 1 aromatic heterocycles. The highest BCUT2D eigenvalue weighted by atomic mass is 35.5. The van der Waals surface area contributed by atoms with E-state index in [-0.39, 0.29) is 5.91 Å². The lowest BCUT2D eigenvalue weighted by Gasteiger charge is -2.37. The van der Waals surface area contributed by atoms with E-state index < -0.39 is 0 Å². The molecule has 1 atom stereocenters. The van der Waals surface area contributed by atoms with Gasteiger partial charge in [0.25, 0.3) is 0 Å². The fourth-order valence-corrected chi connectivity index (χ4v) is 4.86. The Kier molecular flexibility index (Phi) is 7.18. The maximum absolute atomic E-state index is 12.3. The van der Waals surface area contributed by atoms with E-state index in [1.807, 2.05) is 10.7 Å². The summed E-state index contributed by atoms with van der Waals surface area (Å²) in [5, 5.41) is 8.46. The van der Waals surface area contributed by atoms with Gasteiger partial charge in [0.05, 0.1) is 5.69 Å². The average molecular weight is 444 g/mol. The minimum atomic E-state index is 0.0501. The molecule has 0 bridgehead atoms. The summed E-state index contributed by atoms with van der Waals surface area (Å²) < 4.78 is 1.81. The number of halogens is 1. The number of carbonyl (C=O) groups excluding carboxylic acids is 1. The van der Waals surface area contributed by atoms with Crippen LogP contribution >= 0.6 is 11.6 Å². The summed E-state index contributed by atoms with van der Waals surface area (Å²) in [6.07, 6.45) is 6.35. The molecule has 1 fully saturated rings. The van der Waals surface area contributed by atoms with Gasteiger partial charge < -0.3 is 10.2 Å². The number of rotatable bonds is 7. The number of hydrogen-bond donors (Lipinski definition) is 1. The molecule has 6 nitrogen and oxygen atoms in total. The summed E-state index contributed by atoms with van der Waals surface area (Å²) in [7, 11) is 0. The molecule has 1 saturated heterocycles. The zero-order chi connectivity index (χ0) is 21.8. The van der Waals surface area contributed by atoms with Gasteiger partial charge in [0.1, 0.15) is 6.54 Å². The molecule has 2 heterocycles. The Balaban J connectivity index is 1.14. The van der Waals surface area contributed by atoms with Crippen LogP contribution in [0.3, 0.4) is 0 Å². The Hall–Kier alpha value is -2.05. The summed E-state index contributed by atoms with van der Waals surface area (Å²) in [6, 6.07) is 6.11. The average Bonchev–Trinajstić information content (AvgIpc) is 3.14. The monoisotopic (exact) mass is 443 g/mol. The number of anilines is 1. The predicted octanol–water partition coefficient (Wildman–Crippen LogP) is 3.30. The lowest BCUT2D eigenvalue weighted by molar-refractivity contribution is -0.121. The first kappa shape index (κ1) is 22.2. The van der Waals surface area contributed by atoms with Crippen molar-refractivity contribution in [1.82, 2.24) is 20.0 Å². The normalized spacial score (nSPS) is 19.3. The number of piperazine rings is 1. The van der Waals surface area contributed by atoms with Gasteiger partial charge in [-0.3, -0.25) is 14.4 Å². The second kappa shape index (κ2) is 10.0.